The number of carbonyl (C=O) groups is 1. The molecule has 1 rings (SSSR count). The van der Waals surface area contributed by atoms with Gasteiger partial charge in [-0.25, -0.2) is 4.98 Å². The molecule has 1 N–H and O–H groups in total. The minimum Gasteiger partial charge on any atom is -0.475 e. The van der Waals surface area contributed by atoms with Crippen LogP contribution in [0.15, 0.2) is 18.3 Å². The first-order valence-electron chi connectivity index (χ1n) is 6.05. The monoisotopic (exact) mass is 268 g/mol. The molecule has 0 aromatic carbocycles. The minimum absolute atomic E-state index is 0.0523. The largest absolute Gasteiger partial charge is 0.475 e. The fourth-order valence-electron chi connectivity index (χ4n) is 1.46. The maximum absolute atomic E-state index is 11.9. The van der Waals surface area contributed by atoms with Crippen molar-refractivity contribution < 1.29 is 19.0 Å². The van der Waals surface area contributed by atoms with Crippen molar-refractivity contribution in [3.63, 3.8) is 0 Å². The number of methoxy groups -OCH3 is 2. The fraction of sp³-hybridized carbons (Fsp3) is 0.538. The molecule has 1 aromatic heterocycles. The third kappa shape index (κ3) is 5.67. The zero-order valence-electron chi connectivity index (χ0n) is 11.5. The average molecular weight is 268 g/mol. The molecular formula is C13H20N2O4. The summed E-state index contributed by atoms with van der Waals surface area (Å²) in [5.74, 6) is 0.229. The Kier molecular flexibility index (Phi) is 6.84. The first-order valence-corrected chi connectivity index (χ1v) is 6.05. The maximum atomic E-state index is 11.9. The van der Waals surface area contributed by atoms with Gasteiger partial charge < -0.3 is 19.5 Å². The smallest absolute Gasteiger partial charge is 0.251 e. The van der Waals surface area contributed by atoms with Gasteiger partial charge in [-0.1, -0.05) is 0 Å². The van der Waals surface area contributed by atoms with E-state index in [1.165, 1.54) is 6.20 Å². The van der Waals surface area contributed by atoms with Crippen molar-refractivity contribution >= 4 is 5.91 Å². The third-order valence-electron chi connectivity index (χ3n) is 2.33. The zero-order chi connectivity index (χ0) is 14.1. The summed E-state index contributed by atoms with van der Waals surface area (Å²) in [7, 11) is 3.19. The second-order valence-corrected chi connectivity index (χ2v) is 4.05. The summed E-state index contributed by atoms with van der Waals surface area (Å²) in [5.41, 5.74) is 0.505. The summed E-state index contributed by atoms with van der Waals surface area (Å²) in [6.07, 6.45) is 1.54. The van der Waals surface area contributed by atoms with Crippen LogP contribution >= 0.6 is 0 Å². The number of nitrogens with one attached hydrogen (secondary N) is 1. The Hall–Kier alpha value is -1.66. The highest BCUT2D eigenvalue weighted by molar-refractivity contribution is 5.94. The number of pyridine rings is 1. The molecule has 0 aliphatic heterocycles. The Balaban J connectivity index is 2.57. The first-order chi connectivity index (χ1) is 9.17. The molecule has 0 radical (unpaired) electrons. The lowest BCUT2D eigenvalue weighted by Gasteiger charge is -2.13. The number of rotatable bonds is 8. The van der Waals surface area contributed by atoms with Gasteiger partial charge in [0.2, 0.25) is 5.88 Å². The summed E-state index contributed by atoms with van der Waals surface area (Å²) in [5, 5.41) is 2.82. The van der Waals surface area contributed by atoms with Gasteiger partial charge in [-0.15, -0.1) is 0 Å². The maximum Gasteiger partial charge on any atom is 0.251 e. The van der Waals surface area contributed by atoms with Crippen LogP contribution in [0.25, 0.3) is 0 Å². The Morgan fingerprint density at radius 2 is 2.16 bits per heavy atom. The number of amides is 1. The van der Waals surface area contributed by atoms with Crippen LogP contribution in [0, 0.1) is 0 Å². The number of nitrogens with zero attached hydrogens (tertiary/aromatic N) is 1. The molecule has 0 unspecified atom stereocenters. The highest BCUT2D eigenvalue weighted by Gasteiger charge is 2.10. The van der Waals surface area contributed by atoms with Gasteiger partial charge in [0, 0.05) is 38.1 Å². The van der Waals surface area contributed by atoms with Crippen LogP contribution in [0.4, 0.5) is 0 Å². The molecule has 6 nitrogen and oxygen atoms in total. The van der Waals surface area contributed by atoms with Gasteiger partial charge in [0.1, 0.15) is 6.61 Å². The van der Waals surface area contributed by atoms with E-state index in [2.05, 4.69) is 10.3 Å². The second kappa shape index (κ2) is 8.44. The number of ether oxygens (including phenoxy) is 3. The highest BCUT2D eigenvalue weighted by Crippen LogP contribution is 2.09. The van der Waals surface area contributed by atoms with Crippen molar-refractivity contribution in [3.8, 4) is 5.88 Å². The number of hydrogen-bond donors (Lipinski definition) is 1. The lowest BCUT2D eigenvalue weighted by molar-refractivity contribution is 0.0904. The van der Waals surface area contributed by atoms with Gasteiger partial charge >= 0.3 is 0 Å². The second-order valence-electron chi connectivity index (χ2n) is 4.05. The summed E-state index contributed by atoms with van der Waals surface area (Å²) in [6, 6.07) is 3.19. The van der Waals surface area contributed by atoms with Crippen LogP contribution in [-0.4, -0.2) is 51.0 Å². The fourth-order valence-corrected chi connectivity index (χ4v) is 1.46. The molecule has 1 heterocycles. The van der Waals surface area contributed by atoms with Crippen molar-refractivity contribution in [1.29, 1.82) is 0 Å². The van der Waals surface area contributed by atoms with Crippen LogP contribution < -0.4 is 10.1 Å². The Bertz CT molecular complexity index is 398. The average Bonchev–Trinajstić information content (AvgIpc) is 2.39. The van der Waals surface area contributed by atoms with Gasteiger partial charge in [-0.05, 0) is 13.0 Å². The molecule has 1 aromatic rings. The molecule has 0 aliphatic rings. The molecule has 19 heavy (non-hydrogen) atoms. The van der Waals surface area contributed by atoms with Gasteiger partial charge in [-0.3, -0.25) is 4.79 Å². The van der Waals surface area contributed by atoms with Crippen molar-refractivity contribution in [2.24, 2.45) is 0 Å². The van der Waals surface area contributed by atoms with Crippen LogP contribution in [0.5, 0.6) is 5.88 Å². The van der Waals surface area contributed by atoms with Gasteiger partial charge in [0.25, 0.3) is 5.91 Å². The number of hydrogen-bond acceptors (Lipinski definition) is 5. The van der Waals surface area contributed by atoms with E-state index in [0.29, 0.717) is 31.3 Å². The summed E-state index contributed by atoms with van der Waals surface area (Å²) < 4.78 is 15.2. The molecule has 0 bridgehead atoms. The molecule has 0 fully saturated rings. The standard InChI is InChI=1S/C13H20N2O4/c1-10(9-18-3)15-13(16)11-4-5-14-12(8-11)19-7-6-17-2/h4-5,8,10H,6-7,9H2,1-3H3,(H,15,16)/t10-/m1/s1. The van der Waals surface area contributed by atoms with Gasteiger partial charge in [-0.2, -0.15) is 0 Å². The van der Waals surface area contributed by atoms with Gasteiger partial charge in [0.15, 0.2) is 0 Å². The quantitative estimate of drug-likeness (QED) is 0.708. The molecule has 0 spiro atoms. The van der Waals surface area contributed by atoms with E-state index in [1.54, 1.807) is 26.4 Å². The van der Waals surface area contributed by atoms with E-state index in [4.69, 9.17) is 14.2 Å². The van der Waals surface area contributed by atoms with Crippen molar-refractivity contribution in [2.75, 3.05) is 34.0 Å². The van der Waals surface area contributed by atoms with E-state index >= 15 is 0 Å². The Morgan fingerprint density at radius 3 is 2.84 bits per heavy atom. The molecule has 0 saturated carbocycles. The molecular weight excluding hydrogens is 248 g/mol. The van der Waals surface area contributed by atoms with Crippen molar-refractivity contribution in [2.45, 2.75) is 13.0 Å². The van der Waals surface area contributed by atoms with Crippen LogP contribution in [0.1, 0.15) is 17.3 Å². The first kappa shape index (κ1) is 15.4. The summed E-state index contributed by atoms with van der Waals surface area (Å²) >= 11 is 0. The van der Waals surface area contributed by atoms with Gasteiger partial charge in [0.05, 0.1) is 13.2 Å². The SMILES string of the molecule is COCCOc1cc(C(=O)N[C@H](C)COC)ccn1. The number of aromatic nitrogens is 1. The molecule has 1 atom stereocenters. The van der Waals surface area contributed by atoms with Crippen LogP contribution in [-0.2, 0) is 9.47 Å². The molecule has 0 aliphatic carbocycles. The van der Waals surface area contributed by atoms with Crippen LogP contribution in [0.3, 0.4) is 0 Å². The normalized spacial score (nSPS) is 11.9. The molecule has 1 amide bonds. The van der Waals surface area contributed by atoms with E-state index in [0.717, 1.165) is 0 Å². The van der Waals surface area contributed by atoms with E-state index < -0.39 is 0 Å². The highest BCUT2D eigenvalue weighted by atomic mass is 16.5. The lowest BCUT2D eigenvalue weighted by atomic mass is 10.2. The molecule has 106 valence electrons. The minimum atomic E-state index is -0.177. The van der Waals surface area contributed by atoms with Crippen molar-refractivity contribution in [1.82, 2.24) is 10.3 Å². The predicted octanol–water partition coefficient (Wildman–Crippen LogP) is 0.871. The number of carbonyl (C=O) groups excluding carboxylic acids is 1. The Labute approximate surface area is 113 Å². The predicted molar refractivity (Wildman–Crippen MR) is 70.4 cm³/mol. The molecule has 6 heteroatoms. The van der Waals surface area contributed by atoms with Crippen LogP contribution in [0.2, 0.25) is 0 Å². The van der Waals surface area contributed by atoms with E-state index in [1.807, 2.05) is 6.92 Å². The van der Waals surface area contributed by atoms with E-state index in [9.17, 15) is 4.79 Å². The topological polar surface area (TPSA) is 69.7 Å². The summed E-state index contributed by atoms with van der Waals surface area (Å²) in [4.78, 5) is 16.0. The Morgan fingerprint density at radius 1 is 1.37 bits per heavy atom. The van der Waals surface area contributed by atoms with Crippen molar-refractivity contribution in [3.05, 3.63) is 23.9 Å². The third-order valence-corrected chi connectivity index (χ3v) is 2.33. The summed E-state index contributed by atoms with van der Waals surface area (Å²) in [6.45, 7) is 3.21. The zero-order valence-corrected chi connectivity index (χ0v) is 11.5. The molecule has 0 saturated heterocycles. The lowest BCUT2D eigenvalue weighted by Crippen LogP contribution is -2.35. The van der Waals surface area contributed by atoms with E-state index in [-0.39, 0.29) is 11.9 Å².